The first-order chi connectivity index (χ1) is 14.0. The first kappa shape index (κ1) is 18.3. The third kappa shape index (κ3) is 3.20. The van der Waals surface area contributed by atoms with Crippen molar-refractivity contribution in [3.8, 4) is 5.69 Å². The first-order valence-electron chi connectivity index (χ1n) is 9.73. The van der Waals surface area contributed by atoms with Gasteiger partial charge in [-0.2, -0.15) is 5.10 Å². The summed E-state index contributed by atoms with van der Waals surface area (Å²) in [5.74, 6) is 0. The van der Waals surface area contributed by atoms with Crippen molar-refractivity contribution in [3.05, 3.63) is 41.1 Å². The number of aromatic nitrogens is 5. The third-order valence-electron chi connectivity index (χ3n) is 5.73. The van der Waals surface area contributed by atoms with Crippen molar-refractivity contribution in [2.75, 3.05) is 32.1 Å². The molecule has 0 amide bonds. The van der Waals surface area contributed by atoms with Crippen molar-refractivity contribution in [1.29, 1.82) is 0 Å². The van der Waals surface area contributed by atoms with Crippen LogP contribution in [0.25, 0.3) is 26.9 Å². The molecule has 1 aliphatic rings. The summed E-state index contributed by atoms with van der Waals surface area (Å²) in [6.07, 6.45) is 5.74. The van der Waals surface area contributed by atoms with Gasteiger partial charge in [0.05, 0.1) is 11.2 Å². The van der Waals surface area contributed by atoms with Gasteiger partial charge in [-0.25, -0.2) is 9.97 Å². The highest BCUT2D eigenvalue weighted by atomic mass is 32.1. The number of rotatable bonds is 3. The molecule has 0 aliphatic carbocycles. The average molecular weight is 410 g/mol. The fraction of sp³-hybridized carbons (Fsp3) is 0.400. The quantitative estimate of drug-likeness (QED) is 0.517. The number of likely N-dealkylation sites (tertiary alicyclic amines) is 1. The second-order valence-corrected chi connectivity index (χ2v) is 8.72. The number of aryl methyl sites for hydroxylation is 1. The van der Waals surface area contributed by atoms with E-state index < -0.39 is 0 Å². The number of hydrogen-bond acceptors (Lipinski definition) is 7. The molecule has 0 bridgehead atoms. The molecule has 4 heterocycles. The Morgan fingerprint density at radius 3 is 2.79 bits per heavy atom. The lowest BCUT2D eigenvalue weighted by atomic mass is 10.0. The maximum absolute atomic E-state index is 13.1. The number of anilines is 1. The third-order valence-corrected chi connectivity index (χ3v) is 6.78. The maximum atomic E-state index is 13.1. The second kappa shape index (κ2) is 6.93. The number of piperidine rings is 1. The Hall–Kier alpha value is -2.78. The van der Waals surface area contributed by atoms with Crippen molar-refractivity contribution >= 4 is 37.7 Å². The summed E-state index contributed by atoms with van der Waals surface area (Å²) < 4.78 is 3.33. The molecule has 1 aromatic carbocycles. The van der Waals surface area contributed by atoms with Crippen LogP contribution in [0.2, 0.25) is 0 Å². The number of thiazole rings is 1. The molecule has 150 valence electrons. The van der Waals surface area contributed by atoms with Crippen LogP contribution in [-0.4, -0.2) is 62.4 Å². The van der Waals surface area contributed by atoms with Gasteiger partial charge in [0, 0.05) is 31.7 Å². The predicted octanol–water partition coefficient (Wildman–Crippen LogP) is 2.26. The summed E-state index contributed by atoms with van der Waals surface area (Å²) in [6, 6.07) is 6.21. The highest BCUT2D eigenvalue weighted by Crippen LogP contribution is 2.29. The lowest BCUT2D eigenvalue weighted by molar-refractivity contribution is 0.253. The monoisotopic (exact) mass is 409 g/mol. The van der Waals surface area contributed by atoms with E-state index in [-0.39, 0.29) is 5.56 Å². The largest absolute Gasteiger partial charge is 0.348 e. The summed E-state index contributed by atoms with van der Waals surface area (Å²) in [4.78, 5) is 27.6. The van der Waals surface area contributed by atoms with E-state index >= 15 is 0 Å². The van der Waals surface area contributed by atoms with Gasteiger partial charge in [0.25, 0.3) is 5.56 Å². The standard InChI is InChI=1S/C20H23N7OS/c1-24-8-6-14(7-9-24)26(3)20-22-17-18(29-20)21-12-27(19(17)28)15-4-5-16-13(10-15)11-25(2)23-16/h4-5,10-12,14H,6-9H2,1-3H3. The van der Waals surface area contributed by atoms with E-state index in [0.717, 1.165) is 47.7 Å². The predicted molar refractivity (Wildman–Crippen MR) is 116 cm³/mol. The zero-order chi connectivity index (χ0) is 20.1. The van der Waals surface area contributed by atoms with E-state index in [2.05, 4.69) is 39.0 Å². The lowest BCUT2D eigenvalue weighted by Crippen LogP contribution is -2.41. The molecule has 0 saturated carbocycles. The second-order valence-electron chi connectivity index (χ2n) is 7.76. The molecule has 1 aliphatic heterocycles. The van der Waals surface area contributed by atoms with Crippen molar-refractivity contribution in [1.82, 2.24) is 29.2 Å². The van der Waals surface area contributed by atoms with Gasteiger partial charge in [0.15, 0.2) is 15.5 Å². The lowest BCUT2D eigenvalue weighted by Gasteiger charge is -2.34. The van der Waals surface area contributed by atoms with Gasteiger partial charge >= 0.3 is 0 Å². The van der Waals surface area contributed by atoms with Gasteiger partial charge in [0.2, 0.25) is 0 Å². The molecule has 1 saturated heterocycles. The summed E-state index contributed by atoms with van der Waals surface area (Å²) in [6.45, 7) is 2.17. The van der Waals surface area contributed by atoms with Crippen molar-refractivity contribution < 1.29 is 0 Å². The highest BCUT2D eigenvalue weighted by molar-refractivity contribution is 7.21. The molecule has 1 fully saturated rings. The Morgan fingerprint density at radius 1 is 1.21 bits per heavy atom. The van der Waals surface area contributed by atoms with E-state index in [1.807, 2.05) is 31.4 Å². The van der Waals surface area contributed by atoms with E-state index in [9.17, 15) is 4.79 Å². The van der Waals surface area contributed by atoms with Gasteiger partial charge in [-0.3, -0.25) is 14.0 Å². The number of benzene rings is 1. The van der Waals surface area contributed by atoms with E-state index in [1.165, 1.54) is 11.3 Å². The van der Waals surface area contributed by atoms with Crippen LogP contribution < -0.4 is 10.5 Å². The molecule has 0 N–H and O–H groups in total. The van der Waals surface area contributed by atoms with Gasteiger partial charge in [-0.1, -0.05) is 11.3 Å². The van der Waals surface area contributed by atoms with Crippen molar-refractivity contribution in [3.63, 3.8) is 0 Å². The average Bonchev–Trinajstić information content (AvgIpc) is 3.31. The van der Waals surface area contributed by atoms with E-state index in [0.29, 0.717) is 16.4 Å². The van der Waals surface area contributed by atoms with Gasteiger partial charge in [-0.15, -0.1) is 0 Å². The molecular weight excluding hydrogens is 386 g/mol. The molecule has 29 heavy (non-hydrogen) atoms. The molecule has 8 nitrogen and oxygen atoms in total. The number of fused-ring (bicyclic) bond motifs is 2. The fourth-order valence-corrected chi connectivity index (χ4v) is 4.90. The Morgan fingerprint density at radius 2 is 2.00 bits per heavy atom. The number of nitrogens with zero attached hydrogens (tertiary/aromatic N) is 7. The summed E-state index contributed by atoms with van der Waals surface area (Å²) >= 11 is 1.49. The molecule has 0 atom stereocenters. The van der Waals surface area contributed by atoms with Crippen LogP contribution in [0.4, 0.5) is 5.13 Å². The first-order valence-corrected chi connectivity index (χ1v) is 10.5. The molecule has 3 aromatic heterocycles. The fourth-order valence-electron chi connectivity index (χ4n) is 3.96. The molecule has 5 rings (SSSR count). The topological polar surface area (TPSA) is 72.1 Å². The van der Waals surface area contributed by atoms with E-state index in [1.54, 1.807) is 15.6 Å². The van der Waals surface area contributed by atoms with E-state index in [4.69, 9.17) is 0 Å². The van der Waals surface area contributed by atoms with Crippen LogP contribution in [0.1, 0.15) is 12.8 Å². The van der Waals surface area contributed by atoms with Crippen LogP contribution in [0, 0.1) is 0 Å². The highest BCUT2D eigenvalue weighted by Gasteiger charge is 2.24. The Kier molecular flexibility index (Phi) is 4.36. The van der Waals surface area contributed by atoms with Crippen LogP contribution >= 0.6 is 11.3 Å². The molecule has 0 unspecified atom stereocenters. The normalized spacial score (nSPS) is 16.1. The minimum Gasteiger partial charge on any atom is -0.348 e. The molecule has 4 aromatic rings. The van der Waals surface area contributed by atoms with Crippen LogP contribution in [-0.2, 0) is 7.05 Å². The molecule has 9 heteroatoms. The maximum Gasteiger partial charge on any atom is 0.285 e. The van der Waals surface area contributed by atoms with Gasteiger partial charge < -0.3 is 9.80 Å². The van der Waals surface area contributed by atoms with Gasteiger partial charge in [-0.05, 0) is 51.2 Å². The smallest absolute Gasteiger partial charge is 0.285 e. The molecular formula is C20H23N7OS. The SMILES string of the molecule is CN1CCC(N(C)c2nc3c(=O)n(-c4ccc5nn(C)cc5c4)cnc3s2)CC1. The zero-order valence-corrected chi connectivity index (χ0v) is 17.6. The Bertz CT molecular complexity index is 1250. The van der Waals surface area contributed by atoms with Crippen LogP contribution in [0.3, 0.4) is 0 Å². The van der Waals surface area contributed by atoms with Crippen LogP contribution in [0.15, 0.2) is 35.5 Å². The Labute approximate surface area is 172 Å². The minimum absolute atomic E-state index is 0.141. The zero-order valence-electron chi connectivity index (χ0n) is 16.7. The van der Waals surface area contributed by atoms with Crippen molar-refractivity contribution in [2.24, 2.45) is 7.05 Å². The van der Waals surface area contributed by atoms with Crippen molar-refractivity contribution in [2.45, 2.75) is 18.9 Å². The Balaban J connectivity index is 1.52. The molecule has 0 spiro atoms. The molecule has 0 radical (unpaired) electrons. The summed E-state index contributed by atoms with van der Waals surface area (Å²) in [5, 5.41) is 6.23. The van der Waals surface area contributed by atoms with Crippen LogP contribution in [0.5, 0.6) is 0 Å². The summed E-state index contributed by atoms with van der Waals surface area (Å²) in [7, 11) is 6.11. The van der Waals surface area contributed by atoms with Gasteiger partial charge in [0.1, 0.15) is 6.33 Å². The minimum atomic E-state index is -0.141. The summed E-state index contributed by atoms with van der Waals surface area (Å²) in [5.41, 5.74) is 1.95. The number of hydrogen-bond donors (Lipinski definition) is 0.